The molecule has 2 heterocycles. The third-order valence-electron chi connectivity index (χ3n) is 7.81. The Morgan fingerprint density at radius 1 is 0.405 bits per heavy atom. The van der Waals surface area contributed by atoms with Gasteiger partial charge >= 0.3 is 0 Å². The van der Waals surface area contributed by atoms with Gasteiger partial charge in [0.25, 0.3) is 0 Å². The molecule has 0 amide bonds. The van der Waals surface area contributed by atoms with Crippen LogP contribution in [0.4, 0.5) is 0 Å². The number of nitrogens with zero attached hydrogens (tertiary/aromatic N) is 3. The van der Waals surface area contributed by atoms with Crippen molar-refractivity contribution in [1.29, 1.82) is 0 Å². The molecule has 42 heavy (non-hydrogen) atoms. The lowest BCUT2D eigenvalue weighted by Crippen LogP contribution is -1.94. The zero-order valence-corrected chi connectivity index (χ0v) is 22.7. The third kappa shape index (κ3) is 4.09. The first-order valence-corrected chi connectivity index (χ1v) is 14.0. The summed E-state index contributed by atoms with van der Waals surface area (Å²) in [5.41, 5.74) is 10.1. The Labute approximate surface area is 243 Å². The fourth-order valence-corrected chi connectivity index (χ4v) is 5.81. The Morgan fingerprint density at radius 3 is 1.64 bits per heavy atom. The van der Waals surface area contributed by atoms with Crippen molar-refractivity contribution in [2.45, 2.75) is 0 Å². The molecule has 4 heteroatoms. The van der Waals surface area contributed by atoms with E-state index in [1.807, 2.05) is 42.5 Å². The van der Waals surface area contributed by atoms with E-state index in [9.17, 15) is 0 Å². The Bertz CT molecular complexity index is 2180. The predicted molar refractivity (Wildman–Crippen MR) is 170 cm³/mol. The van der Waals surface area contributed by atoms with Gasteiger partial charge in [0.15, 0.2) is 0 Å². The van der Waals surface area contributed by atoms with Gasteiger partial charge in [0.2, 0.25) is 11.8 Å². The first-order chi connectivity index (χ1) is 20.8. The summed E-state index contributed by atoms with van der Waals surface area (Å²) in [4.78, 5) is 0. The molecule has 0 unspecified atom stereocenters. The fraction of sp³-hybridized carbons (Fsp3) is 0. The highest BCUT2D eigenvalue weighted by Gasteiger charge is 2.16. The van der Waals surface area contributed by atoms with Crippen LogP contribution in [0, 0.1) is 0 Å². The van der Waals surface area contributed by atoms with E-state index in [1.165, 1.54) is 33.0 Å². The molecular weight excluding hydrogens is 514 g/mol. The van der Waals surface area contributed by atoms with Crippen molar-refractivity contribution in [2.75, 3.05) is 0 Å². The Kier molecular flexibility index (Phi) is 5.75. The van der Waals surface area contributed by atoms with Crippen LogP contribution >= 0.6 is 0 Å². The number of fused-ring (bicyclic) bond motifs is 3. The van der Waals surface area contributed by atoms with Crippen molar-refractivity contribution in [3.8, 4) is 50.8 Å². The van der Waals surface area contributed by atoms with Gasteiger partial charge in [-0.2, -0.15) is 0 Å². The lowest BCUT2D eigenvalue weighted by Gasteiger charge is -2.11. The van der Waals surface area contributed by atoms with Crippen LogP contribution in [-0.2, 0) is 0 Å². The molecule has 0 aliphatic carbocycles. The molecule has 0 saturated heterocycles. The third-order valence-corrected chi connectivity index (χ3v) is 7.81. The van der Waals surface area contributed by atoms with E-state index in [0.29, 0.717) is 11.8 Å². The van der Waals surface area contributed by atoms with Crippen LogP contribution in [0.2, 0.25) is 0 Å². The number of aromatic nitrogens is 3. The van der Waals surface area contributed by atoms with Crippen LogP contribution in [0.25, 0.3) is 72.7 Å². The van der Waals surface area contributed by atoms with Crippen molar-refractivity contribution in [3.63, 3.8) is 0 Å². The molecular formula is C38H25N3O. The van der Waals surface area contributed by atoms with Crippen molar-refractivity contribution < 1.29 is 4.42 Å². The van der Waals surface area contributed by atoms with Gasteiger partial charge in [0.1, 0.15) is 0 Å². The highest BCUT2D eigenvalue weighted by molar-refractivity contribution is 6.10. The van der Waals surface area contributed by atoms with Crippen molar-refractivity contribution >= 4 is 21.8 Å². The molecule has 8 rings (SSSR count). The number of para-hydroxylation sites is 1. The van der Waals surface area contributed by atoms with Crippen LogP contribution in [-0.4, -0.2) is 14.8 Å². The number of hydrogen-bond acceptors (Lipinski definition) is 3. The molecule has 0 atom stereocenters. The molecule has 2 aromatic heterocycles. The van der Waals surface area contributed by atoms with Gasteiger partial charge < -0.3 is 8.98 Å². The molecule has 0 spiro atoms. The van der Waals surface area contributed by atoms with E-state index in [4.69, 9.17) is 4.42 Å². The molecule has 4 nitrogen and oxygen atoms in total. The lowest BCUT2D eigenvalue weighted by atomic mass is 9.94. The second kappa shape index (κ2) is 10.0. The van der Waals surface area contributed by atoms with Crippen LogP contribution < -0.4 is 0 Å². The van der Waals surface area contributed by atoms with Gasteiger partial charge in [0.05, 0.1) is 11.0 Å². The maximum atomic E-state index is 5.99. The van der Waals surface area contributed by atoms with Gasteiger partial charge in [0, 0.05) is 27.6 Å². The minimum absolute atomic E-state index is 0.504. The molecule has 0 aliphatic rings. The topological polar surface area (TPSA) is 43.9 Å². The van der Waals surface area contributed by atoms with E-state index < -0.39 is 0 Å². The number of hydrogen-bond donors (Lipinski definition) is 0. The van der Waals surface area contributed by atoms with Gasteiger partial charge in [-0.05, 0) is 76.9 Å². The van der Waals surface area contributed by atoms with Gasteiger partial charge in [-0.1, -0.05) is 97.1 Å². The summed E-state index contributed by atoms with van der Waals surface area (Å²) in [6.07, 6.45) is 0. The van der Waals surface area contributed by atoms with E-state index in [-0.39, 0.29) is 0 Å². The second-order valence-electron chi connectivity index (χ2n) is 10.3. The standard InChI is InChI=1S/C38H25N3O/c1-3-11-26(12-4-1)31-15-7-8-16-32(31)29-21-24-36-34(25-29)33-17-9-10-18-35(33)41(36)30-22-19-28(20-23-30)38-40-39-37(42-38)27-13-5-2-6-14-27/h1-25H. The molecule has 0 saturated carbocycles. The predicted octanol–water partition coefficient (Wildman–Crippen LogP) is 9.83. The molecule has 198 valence electrons. The summed E-state index contributed by atoms with van der Waals surface area (Å²) in [7, 11) is 0. The van der Waals surface area contributed by atoms with Crippen LogP contribution in [0.1, 0.15) is 0 Å². The molecule has 6 aromatic carbocycles. The SMILES string of the molecule is c1ccc(-c2nnc(-c3ccc(-n4c5ccccc5c5cc(-c6ccccc6-c6ccccc6)ccc54)cc3)o2)cc1. The van der Waals surface area contributed by atoms with E-state index >= 15 is 0 Å². The van der Waals surface area contributed by atoms with Gasteiger partial charge in [-0.15, -0.1) is 10.2 Å². The Morgan fingerprint density at radius 2 is 0.929 bits per heavy atom. The maximum Gasteiger partial charge on any atom is 0.248 e. The summed E-state index contributed by atoms with van der Waals surface area (Å²) in [5, 5.41) is 11.0. The quantitative estimate of drug-likeness (QED) is 0.219. The maximum absolute atomic E-state index is 5.99. The molecule has 0 bridgehead atoms. The van der Waals surface area contributed by atoms with Crippen molar-refractivity contribution in [1.82, 2.24) is 14.8 Å². The van der Waals surface area contributed by atoms with E-state index in [1.54, 1.807) is 0 Å². The highest BCUT2D eigenvalue weighted by Crippen LogP contribution is 2.38. The smallest absolute Gasteiger partial charge is 0.248 e. The van der Waals surface area contributed by atoms with Crippen LogP contribution in [0.15, 0.2) is 156 Å². The number of benzene rings is 6. The largest absolute Gasteiger partial charge is 0.416 e. The minimum atomic E-state index is 0.504. The first-order valence-electron chi connectivity index (χ1n) is 14.0. The average molecular weight is 540 g/mol. The molecule has 8 aromatic rings. The number of rotatable bonds is 5. The first kappa shape index (κ1) is 24.1. The Hall–Kier alpha value is -5.74. The summed E-state index contributed by atoms with van der Waals surface area (Å²) in [6, 6.07) is 52.8. The molecule has 0 N–H and O–H groups in total. The zero-order chi connectivity index (χ0) is 27.9. The van der Waals surface area contributed by atoms with Crippen LogP contribution in [0.3, 0.4) is 0 Å². The summed E-state index contributed by atoms with van der Waals surface area (Å²) in [5.74, 6) is 1.02. The fourth-order valence-electron chi connectivity index (χ4n) is 5.81. The summed E-state index contributed by atoms with van der Waals surface area (Å²) < 4.78 is 8.32. The van der Waals surface area contributed by atoms with Crippen molar-refractivity contribution in [3.05, 3.63) is 152 Å². The van der Waals surface area contributed by atoms with Crippen molar-refractivity contribution in [2.24, 2.45) is 0 Å². The van der Waals surface area contributed by atoms with E-state index in [2.05, 4.69) is 124 Å². The lowest BCUT2D eigenvalue weighted by molar-refractivity contribution is 0.584. The molecule has 0 aliphatic heterocycles. The zero-order valence-electron chi connectivity index (χ0n) is 22.7. The average Bonchev–Trinajstić information content (AvgIpc) is 3.69. The van der Waals surface area contributed by atoms with Gasteiger partial charge in [-0.25, -0.2) is 0 Å². The van der Waals surface area contributed by atoms with Crippen LogP contribution in [0.5, 0.6) is 0 Å². The van der Waals surface area contributed by atoms with Gasteiger partial charge in [-0.3, -0.25) is 0 Å². The monoisotopic (exact) mass is 539 g/mol. The highest BCUT2D eigenvalue weighted by atomic mass is 16.4. The minimum Gasteiger partial charge on any atom is -0.416 e. The molecule has 0 fully saturated rings. The normalized spacial score (nSPS) is 11.3. The summed E-state index contributed by atoms with van der Waals surface area (Å²) >= 11 is 0. The second-order valence-corrected chi connectivity index (χ2v) is 10.3. The Balaban J connectivity index is 1.22. The summed E-state index contributed by atoms with van der Waals surface area (Å²) in [6.45, 7) is 0. The van der Waals surface area contributed by atoms with E-state index in [0.717, 1.165) is 27.8 Å². The molecule has 0 radical (unpaired) electrons.